The van der Waals surface area contributed by atoms with Crippen molar-refractivity contribution < 1.29 is 14.6 Å². The number of aliphatic hydroxyl groups excluding tert-OH is 1. The molecule has 0 aliphatic carbocycles. The molecule has 1 N–H and O–H groups in total. The van der Waals surface area contributed by atoms with Crippen LogP contribution < -0.4 is 0 Å². The fourth-order valence-corrected chi connectivity index (χ4v) is 2.14. The van der Waals surface area contributed by atoms with Gasteiger partial charge in [-0.3, -0.25) is 0 Å². The maximum Gasteiger partial charge on any atom is 0.328 e. The number of imidazole rings is 1. The Labute approximate surface area is 105 Å². The van der Waals surface area contributed by atoms with Gasteiger partial charge in [-0.15, -0.1) is 0 Å². The van der Waals surface area contributed by atoms with E-state index < -0.39 is 6.04 Å². The average Bonchev–Trinajstić information content (AvgIpc) is 2.78. The van der Waals surface area contributed by atoms with E-state index in [0.717, 1.165) is 11.0 Å². The van der Waals surface area contributed by atoms with E-state index in [1.165, 1.54) is 7.11 Å². The minimum atomic E-state index is -0.454. The normalized spacial score (nSPS) is 12.6. The predicted molar refractivity (Wildman–Crippen MR) is 67.0 cm³/mol. The summed E-state index contributed by atoms with van der Waals surface area (Å²) < 4.78 is 6.56. The highest BCUT2D eigenvalue weighted by atomic mass is 16.5. The number of aliphatic hydroxyl groups is 1. The van der Waals surface area contributed by atoms with Crippen molar-refractivity contribution in [1.82, 2.24) is 9.55 Å². The second kappa shape index (κ2) is 5.18. The Kier molecular flexibility index (Phi) is 3.62. The van der Waals surface area contributed by atoms with Gasteiger partial charge in [0.15, 0.2) is 0 Å². The highest BCUT2D eigenvalue weighted by molar-refractivity contribution is 5.81. The molecule has 5 nitrogen and oxygen atoms in total. The Hall–Kier alpha value is -1.88. The lowest BCUT2D eigenvalue weighted by Crippen LogP contribution is -2.22. The molecule has 96 valence electrons. The van der Waals surface area contributed by atoms with Gasteiger partial charge in [0.2, 0.25) is 0 Å². The van der Waals surface area contributed by atoms with Crippen molar-refractivity contribution in [2.24, 2.45) is 0 Å². The summed E-state index contributed by atoms with van der Waals surface area (Å²) in [4.78, 5) is 16.1. The lowest BCUT2D eigenvalue weighted by Gasteiger charge is -2.17. The first-order valence-corrected chi connectivity index (χ1v) is 5.87. The number of rotatable bonds is 4. The zero-order valence-corrected chi connectivity index (χ0v) is 10.5. The van der Waals surface area contributed by atoms with Crippen LogP contribution in [0.4, 0.5) is 0 Å². The van der Waals surface area contributed by atoms with E-state index in [9.17, 15) is 9.90 Å². The van der Waals surface area contributed by atoms with E-state index in [-0.39, 0.29) is 12.6 Å². The van der Waals surface area contributed by atoms with E-state index in [1.54, 1.807) is 4.57 Å². The number of fused-ring (bicyclic) bond motifs is 1. The van der Waals surface area contributed by atoms with Gasteiger partial charge >= 0.3 is 5.97 Å². The van der Waals surface area contributed by atoms with E-state index in [0.29, 0.717) is 12.2 Å². The quantitative estimate of drug-likeness (QED) is 0.836. The van der Waals surface area contributed by atoms with Gasteiger partial charge in [-0.2, -0.15) is 0 Å². The first-order chi connectivity index (χ1) is 8.72. The number of benzene rings is 1. The van der Waals surface area contributed by atoms with Crippen LogP contribution in [-0.4, -0.2) is 27.7 Å². The minimum Gasteiger partial charge on any atom is -0.467 e. The molecule has 5 heteroatoms. The van der Waals surface area contributed by atoms with Gasteiger partial charge in [0.1, 0.15) is 18.5 Å². The number of esters is 1. The van der Waals surface area contributed by atoms with Gasteiger partial charge in [0.05, 0.1) is 18.1 Å². The first kappa shape index (κ1) is 12.6. The zero-order valence-electron chi connectivity index (χ0n) is 10.5. The number of hydrogen-bond donors (Lipinski definition) is 1. The van der Waals surface area contributed by atoms with Crippen LogP contribution in [0.3, 0.4) is 0 Å². The molecule has 1 heterocycles. The van der Waals surface area contributed by atoms with Crippen LogP contribution in [0.25, 0.3) is 11.0 Å². The first-order valence-electron chi connectivity index (χ1n) is 5.87. The van der Waals surface area contributed by atoms with E-state index >= 15 is 0 Å². The third-order valence-corrected chi connectivity index (χ3v) is 2.98. The summed E-state index contributed by atoms with van der Waals surface area (Å²) in [5.74, 6) is 0.156. The SMILES string of the molecule is CCC(C(=O)OC)n1c(CO)nc2ccccc21. The summed E-state index contributed by atoms with van der Waals surface area (Å²) in [6, 6.07) is 7.04. The summed E-state index contributed by atoms with van der Waals surface area (Å²) in [5, 5.41) is 9.38. The van der Waals surface area contributed by atoms with Gasteiger partial charge in [0.25, 0.3) is 0 Å². The van der Waals surface area contributed by atoms with Gasteiger partial charge in [0, 0.05) is 0 Å². The number of para-hydroxylation sites is 2. The van der Waals surface area contributed by atoms with E-state index in [1.807, 2.05) is 31.2 Å². The Morgan fingerprint density at radius 1 is 1.50 bits per heavy atom. The van der Waals surface area contributed by atoms with Crippen LogP contribution in [0.1, 0.15) is 25.2 Å². The molecule has 0 bridgehead atoms. The van der Waals surface area contributed by atoms with Crippen LogP contribution in [0.2, 0.25) is 0 Å². The number of hydrogen-bond acceptors (Lipinski definition) is 4. The fraction of sp³-hybridized carbons (Fsp3) is 0.385. The van der Waals surface area contributed by atoms with Gasteiger partial charge in [-0.1, -0.05) is 19.1 Å². The van der Waals surface area contributed by atoms with Crippen LogP contribution >= 0.6 is 0 Å². The Bertz CT molecular complexity index is 562. The molecule has 0 saturated carbocycles. The second-order valence-electron chi connectivity index (χ2n) is 3.99. The Morgan fingerprint density at radius 2 is 2.22 bits per heavy atom. The summed E-state index contributed by atoms with van der Waals surface area (Å²) >= 11 is 0. The molecule has 0 spiro atoms. The summed E-state index contributed by atoms with van der Waals surface area (Å²) in [6.45, 7) is 1.69. The number of methoxy groups -OCH3 is 1. The summed E-state index contributed by atoms with van der Waals surface area (Å²) in [5.41, 5.74) is 1.60. The topological polar surface area (TPSA) is 64.3 Å². The molecule has 0 saturated heterocycles. The maximum atomic E-state index is 11.8. The van der Waals surface area contributed by atoms with Crippen LogP contribution in [0, 0.1) is 0 Å². The molecule has 1 atom stereocenters. The molecule has 0 radical (unpaired) electrons. The van der Waals surface area contributed by atoms with Crippen molar-refractivity contribution in [3.05, 3.63) is 30.1 Å². The zero-order chi connectivity index (χ0) is 13.1. The largest absolute Gasteiger partial charge is 0.467 e. The van der Waals surface area contributed by atoms with Crippen LogP contribution in [0.15, 0.2) is 24.3 Å². The van der Waals surface area contributed by atoms with Crippen molar-refractivity contribution in [2.75, 3.05) is 7.11 Å². The van der Waals surface area contributed by atoms with Crippen molar-refractivity contribution in [3.63, 3.8) is 0 Å². The number of aromatic nitrogens is 2. The molecule has 0 amide bonds. The number of ether oxygens (including phenoxy) is 1. The highest BCUT2D eigenvalue weighted by Crippen LogP contribution is 2.24. The van der Waals surface area contributed by atoms with Gasteiger partial charge < -0.3 is 14.4 Å². The third-order valence-electron chi connectivity index (χ3n) is 2.98. The van der Waals surface area contributed by atoms with Crippen LogP contribution in [-0.2, 0) is 16.1 Å². The van der Waals surface area contributed by atoms with Crippen molar-refractivity contribution in [1.29, 1.82) is 0 Å². The molecule has 2 aromatic rings. The molecule has 2 rings (SSSR count). The standard InChI is InChI=1S/C13H16N2O3/c1-3-10(13(17)18-2)15-11-7-5-4-6-9(11)14-12(15)8-16/h4-7,10,16H,3,8H2,1-2H3. The maximum absolute atomic E-state index is 11.8. The van der Waals surface area contributed by atoms with E-state index in [4.69, 9.17) is 4.74 Å². The Morgan fingerprint density at radius 3 is 2.83 bits per heavy atom. The molecule has 1 aromatic heterocycles. The number of carbonyl (C=O) groups is 1. The molecule has 18 heavy (non-hydrogen) atoms. The molecular weight excluding hydrogens is 232 g/mol. The van der Waals surface area contributed by atoms with Crippen LogP contribution in [0.5, 0.6) is 0 Å². The van der Waals surface area contributed by atoms with Gasteiger partial charge in [-0.25, -0.2) is 9.78 Å². The van der Waals surface area contributed by atoms with Crippen molar-refractivity contribution in [2.45, 2.75) is 26.0 Å². The molecule has 0 aliphatic heterocycles. The van der Waals surface area contributed by atoms with Crippen molar-refractivity contribution >= 4 is 17.0 Å². The molecular formula is C13H16N2O3. The van der Waals surface area contributed by atoms with Crippen molar-refractivity contribution in [3.8, 4) is 0 Å². The molecule has 1 unspecified atom stereocenters. The lowest BCUT2D eigenvalue weighted by atomic mass is 10.2. The smallest absolute Gasteiger partial charge is 0.328 e. The molecule has 1 aromatic carbocycles. The lowest BCUT2D eigenvalue weighted by molar-refractivity contribution is -0.144. The summed E-state index contributed by atoms with van der Waals surface area (Å²) in [6.07, 6.45) is 0.583. The highest BCUT2D eigenvalue weighted by Gasteiger charge is 2.24. The summed E-state index contributed by atoms with van der Waals surface area (Å²) in [7, 11) is 1.36. The minimum absolute atomic E-state index is 0.206. The molecule has 0 fully saturated rings. The predicted octanol–water partition coefficient (Wildman–Crippen LogP) is 1.65. The number of carbonyl (C=O) groups excluding carboxylic acids is 1. The van der Waals surface area contributed by atoms with Gasteiger partial charge in [-0.05, 0) is 18.6 Å². The number of nitrogens with zero attached hydrogens (tertiary/aromatic N) is 2. The van der Waals surface area contributed by atoms with E-state index in [2.05, 4.69) is 4.98 Å². The Balaban J connectivity index is 2.63. The monoisotopic (exact) mass is 248 g/mol. The fourth-order valence-electron chi connectivity index (χ4n) is 2.14. The molecule has 0 aliphatic rings. The third kappa shape index (κ3) is 1.97. The second-order valence-corrected chi connectivity index (χ2v) is 3.99. The average molecular weight is 248 g/mol.